The first-order valence-electron chi connectivity index (χ1n) is 8.43. The molecule has 2 nitrogen and oxygen atoms in total. The molecule has 2 aromatic rings. The molecule has 0 radical (unpaired) electrons. The predicted octanol–water partition coefficient (Wildman–Crippen LogP) is 3.07. The van der Waals surface area contributed by atoms with Crippen LogP contribution >= 0.6 is 0 Å². The Morgan fingerprint density at radius 2 is 0.913 bits per heavy atom. The molecule has 0 fully saturated rings. The molecule has 0 saturated heterocycles. The molecule has 0 heterocycles. The zero-order valence-corrected chi connectivity index (χ0v) is 13.8. The molecule has 2 aliphatic carbocycles. The molecule has 0 spiro atoms. The van der Waals surface area contributed by atoms with Crippen LogP contribution in [0.25, 0.3) is 0 Å². The van der Waals surface area contributed by atoms with Crippen LogP contribution < -0.4 is 0 Å². The first-order chi connectivity index (χ1) is 10.8. The third-order valence-electron chi connectivity index (χ3n) is 6.50. The van der Waals surface area contributed by atoms with Crippen molar-refractivity contribution in [1.82, 2.24) is 0 Å². The number of hydrogen-bond donors (Lipinski definition) is 2. The van der Waals surface area contributed by atoms with E-state index in [0.29, 0.717) is 25.7 Å². The molecular formula is C21H24O2. The minimum Gasteiger partial charge on any atom is -0.389 e. The van der Waals surface area contributed by atoms with Crippen LogP contribution in [0.5, 0.6) is 0 Å². The van der Waals surface area contributed by atoms with E-state index < -0.39 is 16.6 Å². The Morgan fingerprint density at radius 3 is 1.17 bits per heavy atom. The molecule has 23 heavy (non-hydrogen) atoms. The normalized spacial score (nSPS) is 21.0. The van der Waals surface area contributed by atoms with E-state index in [1.165, 1.54) is 22.3 Å². The van der Waals surface area contributed by atoms with E-state index in [1.54, 1.807) is 0 Å². The van der Waals surface area contributed by atoms with Crippen molar-refractivity contribution in [3.8, 4) is 0 Å². The van der Waals surface area contributed by atoms with Crippen molar-refractivity contribution < 1.29 is 10.2 Å². The predicted molar refractivity (Wildman–Crippen MR) is 91.4 cm³/mol. The van der Waals surface area contributed by atoms with Crippen molar-refractivity contribution >= 4 is 0 Å². The van der Waals surface area contributed by atoms with Crippen LogP contribution in [0.3, 0.4) is 0 Å². The first-order valence-corrected chi connectivity index (χ1v) is 8.43. The Balaban J connectivity index is 1.69. The summed E-state index contributed by atoms with van der Waals surface area (Å²) in [7, 11) is 0. The maximum Gasteiger partial charge on any atom is 0.0806 e. The minimum absolute atomic E-state index is 0.599. The molecule has 2 aliphatic rings. The Kier molecular flexibility index (Phi) is 3.04. The fraction of sp³-hybridized carbons (Fsp3) is 0.429. The van der Waals surface area contributed by atoms with Crippen LogP contribution in [0, 0.1) is 5.41 Å². The van der Waals surface area contributed by atoms with E-state index in [1.807, 2.05) is 38.1 Å². The van der Waals surface area contributed by atoms with Crippen molar-refractivity contribution in [3.05, 3.63) is 70.8 Å². The monoisotopic (exact) mass is 308 g/mol. The third-order valence-corrected chi connectivity index (χ3v) is 6.50. The summed E-state index contributed by atoms with van der Waals surface area (Å²) in [5.74, 6) is 0. The number of fused-ring (bicyclic) bond motifs is 2. The van der Waals surface area contributed by atoms with E-state index in [4.69, 9.17) is 0 Å². The lowest BCUT2D eigenvalue weighted by molar-refractivity contribution is -0.171. The molecule has 4 rings (SSSR count). The fourth-order valence-corrected chi connectivity index (χ4v) is 4.51. The van der Waals surface area contributed by atoms with Gasteiger partial charge < -0.3 is 10.2 Å². The summed E-state index contributed by atoms with van der Waals surface area (Å²) in [5.41, 5.74) is 2.42. The molecule has 0 amide bonds. The van der Waals surface area contributed by atoms with Gasteiger partial charge in [0, 0.05) is 31.1 Å². The summed E-state index contributed by atoms with van der Waals surface area (Å²) < 4.78 is 0. The molecule has 120 valence electrons. The van der Waals surface area contributed by atoms with Gasteiger partial charge in [-0.05, 0) is 22.3 Å². The van der Waals surface area contributed by atoms with E-state index in [-0.39, 0.29) is 0 Å². The van der Waals surface area contributed by atoms with Crippen LogP contribution in [0.1, 0.15) is 36.1 Å². The summed E-state index contributed by atoms with van der Waals surface area (Å²) in [4.78, 5) is 0. The Hall–Kier alpha value is -1.64. The van der Waals surface area contributed by atoms with E-state index in [0.717, 1.165) is 0 Å². The zero-order chi connectivity index (χ0) is 16.3. The lowest BCUT2D eigenvalue weighted by atomic mass is 9.61. The summed E-state index contributed by atoms with van der Waals surface area (Å²) in [6, 6.07) is 16.5. The van der Waals surface area contributed by atoms with Crippen LogP contribution in [0.2, 0.25) is 0 Å². The average Bonchev–Trinajstić information content (AvgIpc) is 3.04. The number of hydrogen-bond acceptors (Lipinski definition) is 2. The highest BCUT2D eigenvalue weighted by Crippen LogP contribution is 2.52. The largest absolute Gasteiger partial charge is 0.389 e. The maximum absolute atomic E-state index is 11.5. The zero-order valence-electron chi connectivity index (χ0n) is 13.8. The van der Waals surface area contributed by atoms with Crippen molar-refractivity contribution in [3.63, 3.8) is 0 Å². The number of rotatable bonds is 2. The van der Waals surface area contributed by atoms with Crippen LogP contribution in [0.15, 0.2) is 48.5 Å². The topological polar surface area (TPSA) is 40.5 Å². The summed E-state index contributed by atoms with van der Waals surface area (Å²) in [5, 5.41) is 23.0. The second-order valence-corrected chi connectivity index (χ2v) is 7.93. The van der Waals surface area contributed by atoms with Gasteiger partial charge in [0.2, 0.25) is 0 Å². The van der Waals surface area contributed by atoms with E-state index in [2.05, 4.69) is 24.3 Å². The highest BCUT2D eigenvalue weighted by molar-refractivity contribution is 5.41. The highest BCUT2D eigenvalue weighted by atomic mass is 16.3. The van der Waals surface area contributed by atoms with Crippen LogP contribution in [-0.4, -0.2) is 21.4 Å². The first kappa shape index (κ1) is 14.9. The van der Waals surface area contributed by atoms with Gasteiger partial charge in [-0.2, -0.15) is 0 Å². The Labute approximate surface area is 137 Å². The van der Waals surface area contributed by atoms with Gasteiger partial charge in [-0.25, -0.2) is 0 Å². The summed E-state index contributed by atoms with van der Waals surface area (Å²) in [6.45, 7) is 4.06. The molecule has 2 N–H and O–H groups in total. The second kappa shape index (κ2) is 4.68. The number of aliphatic hydroxyl groups is 2. The van der Waals surface area contributed by atoms with Gasteiger partial charge in [0.1, 0.15) is 0 Å². The standard InChI is InChI=1S/C21H24O2/c1-19(2,20(22)11-15-7-3-4-8-16(15)12-20)21(23)13-17-9-5-6-10-18(17)14-21/h3-10,22-23H,11-14H2,1-2H3. The molecule has 2 aromatic carbocycles. The fourth-order valence-electron chi connectivity index (χ4n) is 4.51. The summed E-state index contributed by atoms with van der Waals surface area (Å²) >= 11 is 0. The van der Waals surface area contributed by atoms with E-state index in [9.17, 15) is 10.2 Å². The molecule has 0 aromatic heterocycles. The van der Waals surface area contributed by atoms with Crippen molar-refractivity contribution in [2.45, 2.75) is 50.7 Å². The van der Waals surface area contributed by atoms with Crippen LogP contribution in [0.4, 0.5) is 0 Å². The van der Waals surface area contributed by atoms with Crippen molar-refractivity contribution in [1.29, 1.82) is 0 Å². The minimum atomic E-state index is -0.909. The Bertz CT molecular complexity index is 646. The molecule has 0 bridgehead atoms. The molecular weight excluding hydrogens is 284 g/mol. The van der Waals surface area contributed by atoms with Gasteiger partial charge in [0.15, 0.2) is 0 Å². The highest BCUT2D eigenvalue weighted by Gasteiger charge is 2.59. The third kappa shape index (κ3) is 2.02. The smallest absolute Gasteiger partial charge is 0.0806 e. The summed E-state index contributed by atoms with van der Waals surface area (Å²) in [6.07, 6.45) is 2.48. The van der Waals surface area contributed by atoms with Crippen molar-refractivity contribution in [2.75, 3.05) is 0 Å². The molecule has 0 saturated carbocycles. The molecule has 0 unspecified atom stereocenters. The maximum atomic E-state index is 11.5. The molecule has 0 atom stereocenters. The van der Waals surface area contributed by atoms with Gasteiger partial charge >= 0.3 is 0 Å². The molecule has 0 aliphatic heterocycles. The number of benzene rings is 2. The quantitative estimate of drug-likeness (QED) is 0.895. The second-order valence-electron chi connectivity index (χ2n) is 7.93. The average molecular weight is 308 g/mol. The SMILES string of the molecule is CC(C)(C1(O)Cc2ccccc2C1)C1(O)Cc2ccccc2C1. The van der Waals surface area contributed by atoms with Gasteiger partial charge in [-0.1, -0.05) is 62.4 Å². The Morgan fingerprint density at radius 1 is 0.652 bits per heavy atom. The van der Waals surface area contributed by atoms with E-state index >= 15 is 0 Å². The van der Waals surface area contributed by atoms with Gasteiger partial charge in [-0.15, -0.1) is 0 Å². The van der Waals surface area contributed by atoms with Crippen molar-refractivity contribution in [2.24, 2.45) is 5.41 Å². The van der Waals surface area contributed by atoms with Crippen LogP contribution in [-0.2, 0) is 25.7 Å². The lowest BCUT2D eigenvalue weighted by Gasteiger charge is -2.49. The molecule has 2 heteroatoms. The lowest BCUT2D eigenvalue weighted by Crippen LogP contribution is -2.60. The van der Waals surface area contributed by atoms with Gasteiger partial charge in [-0.3, -0.25) is 0 Å². The van der Waals surface area contributed by atoms with Gasteiger partial charge in [0.25, 0.3) is 0 Å². The van der Waals surface area contributed by atoms with Gasteiger partial charge in [0.05, 0.1) is 11.2 Å².